The monoisotopic (exact) mass is 314 g/mol. The van der Waals surface area contributed by atoms with Gasteiger partial charge in [0.25, 0.3) is 0 Å². The molecule has 1 aromatic rings. The summed E-state index contributed by atoms with van der Waals surface area (Å²) >= 11 is 0. The van der Waals surface area contributed by atoms with Crippen molar-refractivity contribution >= 4 is 18.3 Å². The van der Waals surface area contributed by atoms with E-state index in [1.54, 1.807) is 7.11 Å². The summed E-state index contributed by atoms with van der Waals surface area (Å²) in [5, 5.41) is 0. The van der Waals surface area contributed by atoms with Crippen molar-refractivity contribution in [3.05, 3.63) is 35.9 Å². The number of benzene rings is 1. The first-order chi connectivity index (χ1) is 9.77. The number of halogens is 1. The Bertz CT molecular complexity index is 374. The van der Waals surface area contributed by atoms with Crippen LogP contribution in [0.15, 0.2) is 30.3 Å². The van der Waals surface area contributed by atoms with Crippen molar-refractivity contribution in [3.63, 3.8) is 0 Å². The number of hydrogen-bond donors (Lipinski definition) is 1. The molecule has 0 aliphatic carbocycles. The van der Waals surface area contributed by atoms with Crippen LogP contribution in [0.2, 0.25) is 0 Å². The van der Waals surface area contributed by atoms with Gasteiger partial charge in [0.1, 0.15) is 0 Å². The zero-order chi connectivity index (χ0) is 14.6. The van der Waals surface area contributed by atoms with E-state index in [-0.39, 0.29) is 18.3 Å². The fourth-order valence-electron chi connectivity index (χ4n) is 2.09. The molecule has 0 fully saturated rings. The smallest absolute Gasteiger partial charge is 0.222 e. The maximum Gasteiger partial charge on any atom is 0.222 e. The fourth-order valence-corrected chi connectivity index (χ4v) is 2.09. The predicted molar refractivity (Wildman–Crippen MR) is 88.8 cm³/mol. The molecule has 4 nitrogen and oxygen atoms in total. The van der Waals surface area contributed by atoms with Crippen molar-refractivity contribution in [1.82, 2.24) is 4.90 Å². The summed E-state index contributed by atoms with van der Waals surface area (Å²) < 4.78 is 5.07. The van der Waals surface area contributed by atoms with Gasteiger partial charge in [-0.1, -0.05) is 30.3 Å². The molecule has 0 aliphatic rings. The molecule has 0 heterocycles. The third kappa shape index (κ3) is 8.71. The van der Waals surface area contributed by atoms with Crippen LogP contribution in [0.5, 0.6) is 0 Å². The van der Waals surface area contributed by atoms with Crippen LogP contribution in [0.25, 0.3) is 0 Å². The lowest BCUT2D eigenvalue weighted by molar-refractivity contribution is -0.132. The van der Waals surface area contributed by atoms with Gasteiger partial charge in [0, 0.05) is 26.6 Å². The summed E-state index contributed by atoms with van der Waals surface area (Å²) in [5.41, 5.74) is 6.77. The van der Waals surface area contributed by atoms with E-state index >= 15 is 0 Å². The van der Waals surface area contributed by atoms with E-state index < -0.39 is 0 Å². The molecule has 0 aromatic heterocycles. The van der Waals surface area contributed by atoms with Gasteiger partial charge < -0.3 is 15.4 Å². The van der Waals surface area contributed by atoms with Gasteiger partial charge in [0.15, 0.2) is 0 Å². The second kappa shape index (κ2) is 12.6. The normalized spacial score (nSPS) is 10.0. The minimum absolute atomic E-state index is 0. The topological polar surface area (TPSA) is 55.6 Å². The number of methoxy groups -OCH3 is 1. The average molecular weight is 315 g/mol. The highest BCUT2D eigenvalue weighted by molar-refractivity contribution is 5.85. The summed E-state index contributed by atoms with van der Waals surface area (Å²) in [4.78, 5) is 14.0. The fraction of sp³-hybridized carbons (Fsp3) is 0.562. The number of ether oxygens (including phenoxy) is 1. The first-order valence-electron chi connectivity index (χ1n) is 7.28. The number of amides is 1. The van der Waals surface area contributed by atoms with Crippen molar-refractivity contribution in [3.8, 4) is 0 Å². The summed E-state index contributed by atoms with van der Waals surface area (Å²) in [6, 6.07) is 10.4. The van der Waals surface area contributed by atoms with Crippen LogP contribution in [-0.2, 0) is 16.0 Å². The van der Waals surface area contributed by atoms with Crippen molar-refractivity contribution in [2.45, 2.75) is 25.7 Å². The standard InChI is InChI=1S/C16H26N2O2.ClH/c1-20-14-13-18(16(19)10-5-11-17)12-6-9-15-7-3-2-4-8-15;/h2-4,7-8H,5-6,9-14,17H2,1H3;1H. The number of hydrogen-bond acceptors (Lipinski definition) is 3. The Balaban J connectivity index is 0.00000400. The summed E-state index contributed by atoms with van der Waals surface area (Å²) in [6.07, 6.45) is 3.25. The lowest BCUT2D eigenvalue weighted by Crippen LogP contribution is -2.35. The molecule has 0 bridgehead atoms. The highest BCUT2D eigenvalue weighted by Crippen LogP contribution is 2.05. The average Bonchev–Trinajstić information content (AvgIpc) is 2.49. The maximum atomic E-state index is 12.1. The second-order valence-electron chi connectivity index (χ2n) is 4.85. The Morgan fingerprint density at radius 2 is 1.90 bits per heavy atom. The minimum Gasteiger partial charge on any atom is -0.383 e. The minimum atomic E-state index is 0. The lowest BCUT2D eigenvalue weighted by Gasteiger charge is -2.22. The van der Waals surface area contributed by atoms with E-state index in [0.717, 1.165) is 25.8 Å². The Morgan fingerprint density at radius 1 is 1.19 bits per heavy atom. The number of nitrogens with zero attached hydrogens (tertiary/aromatic N) is 1. The molecule has 1 amide bonds. The number of nitrogens with two attached hydrogens (primary N) is 1. The molecular weight excluding hydrogens is 288 g/mol. The highest BCUT2D eigenvalue weighted by Gasteiger charge is 2.12. The Labute approximate surface area is 134 Å². The van der Waals surface area contributed by atoms with Gasteiger partial charge in [-0.25, -0.2) is 0 Å². The van der Waals surface area contributed by atoms with Crippen molar-refractivity contribution in [2.75, 3.05) is 33.4 Å². The van der Waals surface area contributed by atoms with Gasteiger partial charge in [-0.05, 0) is 31.4 Å². The molecule has 21 heavy (non-hydrogen) atoms. The zero-order valence-corrected chi connectivity index (χ0v) is 13.6. The molecule has 5 heteroatoms. The summed E-state index contributed by atoms with van der Waals surface area (Å²) in [5.74, 6) is 0.181. The number of carbonyl (C=O) groups is 1. The third-order valence-corrected chi connectivity index (χ3v) is 3.25. The van der Waals surface area contributed by atoms with Crippen LogP contribution in [0, 0.1) is 0 Å². The van der Waals surface area contributed by atoms with Gasteiger partial charge in [0.05, 0.1) is 6.61 Å². The van der Waals surface area contributed by atoms with Crippen molar-refractivity contribution < 1.29 is 9.53 Å². The Kier molecular flexibility index (Phi) is 12.0. The van der Waals surface area contributed by atoms with E-state index in [9.17, 15) is 4.79 Å². The third-order valence-electron chi connectivity index (χ3n) is 3.25. The summed E-state index contributed by atoms with van der Waals surface area (Å²) in [7, 11) is 1.66. The molecule has 0 spiro atoms. The van der Waals surface area contributed by atoms with Crippen LogP contribution < -0.4 is 5.73 Å². The van der Waals surface area contributed by atoms with Crippen LogP contribution >= 0.6 is 12.4 Å². The molecule has 0 radical (unpaired) electrons. The largest absolute Gasteiger partial charge is 0.383 e. The molecule has 1 aromatic carbocycles. The van der Waals surface area contributed by atoms with E-state index in [1.807, 2.05) is 23.1 Å². The van der Waals surface area contributed by atoms with Crippen molar-refractivity contribution in [2.24, 2.45) is 5.73 Å². The molecule has 0 aliphatic heterocycles. The van der Waals surface area contributed by atoms with Crippen molar-refractivity contribution in [1.29, 1.82) is 0 Å². The molecule has 2 N–H and O–H groups in total. The number of aryl methyl sites for hydroxylation is 1. The molecular formula is C16H27ClN2O2. The highest BCUT2D eigenvalue weighted by atomic mass is 35.5. The van der Waals surface area contributed by atoms with Gasteiger partial charge in [0.2, 0.25) is 5.91 Å². The predicted octanol–water partition coefficient (Wildman–Crippen LogP) is 2.25. The summed E-state index contributed by atoms with van der Waals surface area (Å²) in [6.45, 7) is 2.59. The van der Waals surface area contributed by atoms with Crippen LogP contribution in [-0.4, -0.2) is 44.2 Å². The van der Waals surface area contributed by atoms with E-state index in [0.29, 0.717) is 26.1 Å². The van der Waals surface area contributed by atoms with Crippen LogP contribution in [0.4, 0.5) is 0 Å². The van der Waals surface area contributed by atoms with E-state index in [1.165, 1.54) is 5.56 Å². The molecule has 0 saturated carbocycles. The van der Waals surface area contributed by atoms with Gasteiger partial charge in [-0.3, -0.25) is 4.79 Å². The van der Waals surface area contributed by atoms with E-state index in [4.69, 9.17) is 10.5 Å². The molecule has 0 unspecified atom stereocenters. The van der Waals surface area contributed by atoms with E-state index in [2.05, 4.69) is 12.1 Å². The number of rotatable bonds is 10. The zero-order valence-electron chi connectivity index (χ0n) is 12.8. The van der Waals surface area contributed by atoms with Crippen LogP contribution in [0.3, 0.4) is 0 Å². The molecule has 0 saturated heterocycles. The maximum absolute atomic E-state index is 12.1. The Hall–Kier alpha value is -1.10. The molecule has 0 atom stereocenters. The first-order valence-corrected chi connectivity index (χ1v) is 7.28. The number of carbonyl (C=O) groups excluding carboxylic acids is 1. The lowest BCUT2D eigenvalue weighted by atomic mass is 10.1. The second-order valence-corrected chi connectivity index (χ2v) is 4.85. The Morgan fingerprint density at radius 3 is 2.52 bits per heavy atom. The molecule has 120 valence electrons. The SMILES string of the molecule is COCCN(CCCc1ccccc1)C(=O)CCCN.Cl. The van der Waals surface area contributed by atoms with Crippen LogP contribution in [0.1, 0.15) is 24.8 Å². The van der Waals surface area contributed by atoms with Gasteiger partial charge >= 0.3 is 0 Å². The quantitative estimate of drug-likeness (QED) is 0.720. The first kappa shape index (κ1) is 19.9. The van der Waals surface area contributed by atoms with Gasteiger partial charge in [-0.15, -0.1) is 12.4 Å². The molecule has 1 rings (SSSR count). The van der Waals surface area contributed by atoms with Gasteiger partial charge in [-0.2, -0.15) is 0 Å².